The Hall–Kier alpha value is -1.90. The van der Waals surface area contributed by atoms with Crippen molar-refractivity contribution in [2.75, 3.05) is 13.7 Å². The van der Waals surface area contributed by atoms with Crippen molar-refractivity contribution >= 4 is 20.4 Å². The lowest BCUT2D eigenvalue weighted by Gasteiger charge is -2.40. The summed E-state index contributed by atoms with van der Waals surface area (Å²) in [4.78, 5) is 26.4. The molecule has 1 fully saturated rings. The predicted molar refractivity (Wildman–Crippen MR) is 116 cm³/mol. The molecule has 0 aliphatic carbocycles. The molecule has 1 heterocycles. The van der Waals surface area contributed by atoms with Crippen LogP contribution in [0.2, 0.25) is 18.1 Å². The number of hydrogen-bond donors (Lipinski definition) is 1. The average Bonchev–Trinajstić information content (AvgIpc) is 3.01. The van der Waals surface area contributed by atoms with Crippen molar-refractivity contribution in [3.63, 3.8) is 0 Å². The van der Waals surface area contributed by atoms with E-state index in [2.05, 4.69) is 33.9 Å². The smallest absolute Gasteiger partial charge is 0.410 e. The Morgan fingerprint density at radius 3 is 2.37 bits per heavy atom. The van der Waals surface area contributed by atoms with Gasteiger partial charge >= 0.3 is 12.1 Å². The second-order valence-electron chi connectivity index (χ2n) is 9.28. The molecule has 0 aromatic heterocycles. The fourth-order valence-electron chi connectivity index (χ4n) is 3.41. The van der Waals surface area contributed by atoms with E-state index in [1.807, 2.05) is 30.3 Å². The van der Waals surface area contributed by atoms with E-state index in [0.29, 0.717) is 6.42 Å². The first-order valence-corrected chi connectivity index (χ1v) is 13.3. The first-order valence-electron chi connectivity index (χ1n) is 10.3. The van der Waals surface area contributed by atoms with Crippen molar-refractivity contribution in [3.05, 3.63) is 35.9 Å². The number of benzene rings is 1. The van der Waals surface area contributed by atoms with Gasteiger partial charge in [0.15, 0.2) is 8.32 Å². The van der Waals surface area contributed by atoms with E-state index in [0.717, 1.165) is 5.56 Å². The lowest BCUT2D eigenvalue weighted by Crippen LogP contribution is -2.50. The van der Waals surface area contributed by atoms with E-state index in [9.17, 15) is 14.7 Å². The molecule has 1 saturated heterocycles. The number of esters is 1. The van der Waals surface area contributed by atoms with Gasteiger partial charge in [-0.05, 0) is 30.1 Å². The summed E-state index contributed by atoms with van der Waals surface area (Å²) in [6.45, 7) is 10.5. The van der Waals surface area contributed by atoms with Crippen molar-refractivity contribution in [3.8, 4) is 0 Å². The molecule has 1 aromatic carbocycles. The van der Waals surface area contributed by atoms with Crippen molar-refractivity contribution in [1.29, 1.82) is 0 Å². The van der Waals surface area contributed by atoms with Gasteiger partial charge in [-0.3, -0.25) is 9.69 Å². The van der Waals surface area contributed by atoms with Crippen LogP contribution < -0.4 is 0 Å². The highest BCUT2D eigenvalue weighted by Gasteiger charge is 2.49. The van der Waals surface area contributed by atoms with Crippen molar-refractivity contribution < 1.29 is 28.6 Å². The first-order chi connectivity index (χ1) is 14.0. The molecule has 30 heavy (non-hydrogen) atoms. The van der Waals surface area contributed by atoms with E-state index < -0.39 is 32.5 Å². The fourth-order valence-corrected chi connectivity index (χ4v) is 4.78. The van der Waals surface area contributed by atoms with Gasteiger partial charge < -0.3 is 19.0 Å². The minimum absolute atomic E-state index is 0.0217. The average molecular weight is 438 g/mol. The molecule has 1 amide bonds. The Kier molecular flexibility index (Phi) is 8.07. The second kappa shape index (κ2) is 9.94. The lowest BCUT2D eigenvalue weighted by atomic mass is 10.1. The van der Waals surface area contributed by atoms with Crippen molar-refractivity contribution in [1.82, 2.24) is 4.90 Å². The molecule has 1 aromatic rings. The minimum atomic E-state index is -2.15. The summed E-state index contributed by atoms with van der Waals surface area (Å²) in [5.41, 5.74) is 0.865. The normalized spacial score (nSPS) is 22.1. The number of carbonyl (C=O) groups excluding carboxylic acids is 2. The Labute approximate surface area is 180 Å². The predicted octanol–water partition coefficient (Wildman–Crippen LogP) is 3.71. The summed E-state index contributed by atoms with van der Waals surface area (Å²) < 4.78 is 16.9. The number of methoxy groups -OCH3 is 1. The fraction of sp³-hybridized carbons (Fsp3) is 0.636. The third kappa shape index (κ3) is 5.83. The maximum atomic E-state index is 13.0. The number of rotatable bonds is 7. The lowest BCUT2D eigenvalue weighted by molar-refractivity contribution is -0.141. The summed E-state index contributed by atoms with van der Waals surface area (Å²) in [6, 6.07) is 8.36. The SMILES string of the molecule is COC(=O)C[C@H]1C[C@@H](O[Si](C)(C)C(C)(C)C)[C@@H](CO)N1C(=O)OCc1ccccc1. The quantitative estimate of drug-likeness (QED) is 0.517. The summed E-state index contributed by atoms with van der Waals surface area (Å²) in [6.07, 6.45) is -0.444. The van der Waals surface area contributed by atoms with Gasteiger partial charge in [-0.1, -0.05) is 51.1 Å². The first kappa shape index (κ1) is 24.4. The standard InChI is InChI=1S/C22H35NO6Si/c1-22(2,3)30(5,6)29-19-12-17(13-20(25)27-4)23(18(19)14-24)21(26)28-15-16-10-8-7-9-11-16/h7-11,17-19,24H,12-15H2,1-6H3/t17-,18-,19-/m1/s1. The number of carbonyl (C=O) groups is 2. The number of hydrogen-bond acceptors (Lipinski definition) is 6. The molecule has 0 radical (unpaired) electrons. The zero-order valence-corrected chi connectivity index (χ0v) is 19.9. The molecule has 0 bridgehead atoms. The highest BCUT2D eigenvalue weighted by Crippen LogP contribution is 2.40. The van der Waals surface area contributed by atoms with Crippen LogP contribution in [0.1, 0.15) is 39.2 Å². The van der Waals surface area contributed by atoms with Crippen molar-refractivity contribution in [2.24, 2.45) is 0 Å². The minimum Gasteiger partial charge on any atom is -0.469 e. The van der Waals surface area contributed by atoms with Gasteiger partial charge in [0.05, 0.1) is 32.3 Å². The molecule has 1 N–H and O–H groups in total. The second-order valence-corrected chi connectivity index (χ2v) is 14.0. The zero-order valence-electron chi connectivity index (χ0n) is 18.9. The number of likely N-dealkylation sites (tertiary alicyclic amines) is 1. The van der Waals surface area contributed by atoms with Crippen LogP contribution in [0.4, 0.5) is 4.79 Å². The van der Waals surface area contributed by atoms with Crippen molar-refractivity contribution in [2.45, 2.75) is 76.5 Å². The van der Waals surface area contributed by atoms with Crippen LogP contribution >= 0.6 is 0 Å². The van der Waals surface area contributed by atoms with Gasteiger partial charge in [0.1, 0.15) is 6.61 Å². The van der Waals surface area contributed by atoms with Gasteiger partial charge in [0, 0.05) is 6.04 Å². The summed E-state index contributed by atoms with van der Waals surface area (Å²) in [5, 5.41) is 10.1. The molecule has 2 rings (SSSR count). The summed E-state index contributed by atoms with van der Waals surface area (Å²) in [5.74, 6) is -0.412. The highest BCUT2D eigenvalue weighted by atomic mass is 28.4. The highest BCUT2D eigenvalue weighted by molar-refractivity contribution is 6.74. The largest absolute Gasteiger partial charge is 0.469 e. The zero-order chi connectivity index (χ0) is 22.5. The molecule has 8 heteroatoms. The van der Waals surface area contributed by atoms with E-state index in [4.69, 9.17) is 13.9 Å². The van der Waals surface area contributed by atoms with E-state index >= 15 is 0 Å². The van der Waals surface area contributed by atoms with E-state index in [1.54, 1.807) is 0 Å². The van der Waals surface area contributed by atoms with Gasteiger partial charge in [-0.25, -0.2) is 4.79 Å². The van der Waals surface area contributed by atoms with E-state index in [1.165, 1.54) is 12.0 Å². The maximum absolute atomic E-state index is 13.0. The molecule has 7 nitrogen and oxygen atoms in total. The van der Waals surface area contributed by atoms with Gasteiger partial charge in [-0.15, -0.1) is 0 Å². The molecule has 0 unspecified atom stereocenters. The monoisotopic (exact) mass is 437 g/mol. The Morgan fingerprint density at radius 2 is 1.83 bits per heavy atom. The van der Waals surface area contributed by atoms with Crippen LogP contribution in [-0.4, -0.2) is 62.3 Å². The maximum Gasteiger partial charge on any atom is 0.410 e. The molecule has 1 aliphatic heterocycles. The topological polar surface area (TPSA) is 85.3 Å². The number of amides is 1. The van der Waals surface area contributed by atoms with Gasteiger partial charge in [0.2, 0.25) is 0 Å². The number of ether oxygens (including phenoxy) is 2. The third-order valence-electron chi connectivity index (χ3n) is 6.17. The number of aliphatic hydroxyl groups is 1. The summed E-state index contributed by atoms with van der Waals surface area (Å²) >= 11 is 0. The molecule has 168 valence electrons. The molecule has 1 aliphatic rings. The van der Waals surface area contributed by atoms with Crippen LogP contribution in [-0.2, 0) is 25.3 Å². The summed E-state index contributed by atoms with van der Waals surface area (Å²) in [7, 11) is -0.826. The number of aliphatic hydroxyl groups excluding tert-OH is 1. The molecular weight excluding hydrogens is 402 g/mol. The molecule has 3 atom stereocenters. The Bertz CT molecular complexity index is 718. The van der Waals surface area contributed by atoms with E-state index in [-0.39, 0.29) is 30.8 Å². The van der Waals surface area contributed by atoms with Crippen LogP contribution in [0.3, 0.4) is 0 Å². The molecular formula is C22H35NO6Si. The van der Waals surface area contributed by atoms with Crippen LogP contribution in [0.5, 0.6) is 0 Å². The van der Waals surface area contributed by atoms with Crippen LogP contribution in [0.25, 0.3) is 0 Å². The molecule has 0 spiro atoms. The number of nitrogens with zero attached hydrogens (tertiary/aromatic N) is 1. The third-order valence-corrected chi connectivity index (χ3v) is 10.7. The van der Waals surface area contributed by atoms with Gasteiger partial charge in [0.25, 0.3) is 0 Å². The Balaban J connectivity index is 2.21. The van der Waals surface area contributed by atoms with Crippen LogP contribution in [0, 0.1) is 0 Å². The van der Waals surface area contributed by atoms with Crippen LogP contribution in [0.15, 0.2) is 30.3 Å². The Morgan fingerprint density at radius 1 is 1.20 bits per heavy atom. The van der Waals surface area contributed by atoms with Gasteiger partial charge in [-0.2, -0.15) is 0 Å². The molecule has 0 saturated carbocycles.